The van der Waals surface area contributed by atoms with Crippen LogP contribution in [-0.2, 0) is 0 Å². The van der Waals surface area contributed by atoms with Crippen LogP contribution in [0.15, 0.2) is 11.2 Å². The van der Waals surface area contributed by atoms with E-state index in [1.165, 1.54) is 18.2 Å². The molecule has 1 aliphatic rings. The molecule has 1 saturated carbocycles. The number of nitrogens with one attached hydrogen (secondary N) is 2. The van der Waals surface area contributed by atoms with Gasteiger partial charge in [-0.3, -0.25) is 0 Å². The normalized spacial score (nSPS) is 23.1. The Kier molecular flexibility index (Phi) is 5.27. The Morgan fingerprint density at radius 3 is 2.74 bits per heavy atom. The molecular weight excluding hydrogens is 260 g/mol. The van der Waals surface area contributed by atoms with Gasteiger partial charge in [0.05, 0.1) is 6.10 Å². The molecule has 2 unspecified atom stereocenters. The van der Waals surface area contributed by atoms with E-state index >= 15 is 0 Å². The van der Waals surface area contributed by atoms with Crippen LogP contribution in [0, 0.1) is 5.92 Å². The van der Waals surface area contributed by atoms with Gasteiger partial charge < -0.3 is 15.7 Å². The van der Waals surface area contributed by atoms with E-state index in [0.717, 1.165) is 42.6 Å². The van der Waals surface area contributed by atoms with Gasteiger partial charge in [0.2, 0.25) is 0 Å². The van der Waals surface area contributed by atoms with Crippen molar-refractivity contribution in [2.45, 2.75) is 36.9 Å². The topological polar surface area (TPSA) is 70.1 Å². The van der Waals surface area contributed by atoms with Crippen molar-refractivity contribution < 1.29 is 5.11 Å². The zero-order valence-corrected chi connectivity index (χ0v) is 12.3. The summed E-state index contributed by atoms with van der Waals surface area (Å²) in [4.78, 5) is 8.76. The lowest BCUT2D eigenvalue weighted by Crippen LogP contribution is -2.30. The molecule has 0 aliphatic heterocycles. The van der Waals surface area contributed by atoms with Gasteiger partial charge in [-0.05, 0) is 19.1 Å². The molecular formula is C13H22N4OS. The lowest BCUT2D eigenvalue weighted by molar-refractivity contribution is 0.0763. The van der Waals surface area contributed by atoms with Gasteiger partial charge in [-0.2, -0.15) is 0 Å². The largest absolute Gasteiger partial charge is 0.393 e. The van der Waals surface area contributed by atoms with Crippen molar-refractivity contribution in [3.63, 3.8) is 0 Å². The van der Waals surface area contributed by atoms with Crippen LogP contribution < -0.4 is 10.6 Å². The highest BCUT2D eigenvalue weighted by atomic mass is 32.2. The first-order chi connectivity index (χ1) is 9.22. The third-order valence-corrected chi connectivity index (χ3v) is 4.11. The number of anilines is 2. The molecule has 1 aromatic rings. The Labute approximate surface area is 118 Å². The fourth-order valence-electron chi connectivity index (χ4n) is 2.40. The fraction of sp³-hybridized carbons (Fsp3) is 0.692. The maximum absolute atomic E-state index is 9.96. The van der Waals surface area contributed by atoms with Crippen LogP contribution in [0.5, 0.6) is 0 Å². The van der Waals surface area contributed by atoms with Crippen molar-refractivity contribution in [3.05, 3.63) is 6.07 Å². The summed E-state index contributed by atoms with van der Waals surface area (Å²) in [6.45, 7) is 0.773. The lowest BCUT2D eigenvalue weighted by atomic mass is 9.86. The lowest BCUT2D eigenvalue weighted by Gasteiger charge is -2.27. The molecule has 1 fully saturated rings. The Hall–Kier alpha value is -1.01. The highest BCUT2D eigenvalue weighted by Crippen LogP contribution is 2.25. The minimum Gasteiger partial charge on any atom is -0.393 e. The molecule has 1 aliphatic carbocycles. The van der Waals surface area contributed by atoms with Crippen molar-refractivity contribution in [2.75, 3.05) is 30.5 Å². The van der Waals surface area contributed by atoms with Gasteiger partial charge in [0.25, 0.3) is 0 Å². The number of thioether (sulfide) groups is 1. The molecule has 0 bridgehead atoms. The zero-order chi connectivity index (χ0) is 13.7. The maximum Gasteiger partial charge on any atom is 0.191 e. The molecule has 3 N–H and O–H groups in total. The average molecular weight is 282 g/mol. The summed E-state index contributed by atoms with van der Waals surface area (Å²) >= 11 is 1.52. The number of hydrogen-bond donors (Lipinski definition) is 3. The van der Waals surface area contributed by atoms with Gasteiger partial charge in [0.1, 0.15) is 11.6 Å². The predicted molar refractivity (Wildman–Crippen MR) is 79.8 cm³/mol. The number of aliphatic hydroxyl groups excluding tert-OH is 1. The third kappa shape index (κ3) is 3.98. The SMILES string of the molecule is CNc1cc(NCC2CCCCC2O)nc(SC)n1. The second-order valence-electron chi connectivity index (χ2n) is 4.87. The van der Waals surface area contributed by atoms with Crippen molar-refractivity contribution >= 4 is 23.4 Å². The molecule has 19 heavy (non-hydrogen) atoms. The molecule has 1 aromatic heterocycles. The summed E-state index contributed by atoms with van der Waals surface area (Å²) < 4.78 is 0. The van der Waals surface area contributed by atoms with Gasteiger partial charge in [-0.1, -0.05) is 24.6 Å². The quantitative estimate of drug-likeness (QED) is 0.568. The van der Waals surface area contributed by atoms with E-state index in [1.807, 2.05) is 19.4 Å². The fourth-order valence-corrected chi connectivity index (χ4v) is 2.78. The van der Waals surface area contributed by atoms with Crippen molar-refractivity contribution in [1.82, 2.24) is 9.97 Å². The summed E-state index contributed by atoms with van der Waals surface area (Å²) in [5, 5.41) is 17.1. The molecule has 0 saturated heterocycles. The van der Waals surface area contributed by atoms with Crippen LogP contribution in [0.1, 0.15) is 25.7 Å². The monoisotopic (exact) mass is 282 g/mol. The molecule has 0 spiro atoms. The molecule has 2 atom stereocenters. The smallest absolute Gasteiger partial charge is 0.191 e. The first-order valence-corrected chi connectivity index (χ1v) is 7.98. The Morgan fingerprint density at radius 1 is 1.32 bits per heavy atom. The number of rotatable bonds is 5. The van der Waals surface area contributed by atoms with Crippen LogP contribution in [0.2, 0.25) is 0 Å². The minimum absolute atomic E-state index is 0.174. The van der Waals surface area contributed by atoms with Crippen LogP contribution in [0.25, 0.3) is 0 Å². The number of hydrogen-bond acceptors (Lipinski definition) is 6. The molecule has 1 heterocycles. The van der Waals surface area contributed by atoms with Gasteiger partial charge in [0, 0.05) is 25.6 Å². The number of aromatic nitrogens is 2. The molecule has 106 valence electrons. The average Bonchev–Trinajstić information content (AvgIpc) is 2.46. The Morgan fingerprint density at radius 2 is 2.05 bits per heavy atom. The second kappa shape index (κ2) is 6.96. The molecule has 2 rings (SSSR count). The molecule has 0 radical (unpaired) electrons. The van der Waals surface area contributed by atoms with E-state index < -0.39 is 0 Å². The van der Waals surface area contributed by atoms with E-state index in [2.05, 4.69) is 20.6 Å². The third-order valence-electron chi connectivity index (χ3n) is 3.56. The molecule has 0 amide bonds. The van der Waals surface area contributed by atoms with Crippen LogP contribution in [-0.4, -0.2) is 41.0 Å². The predicted octanol–water partition coefficient (Wildman–Crippen LogP) is 2.20. The second-order valence-corrected chi connectivity index (χ2v) is 5.64. The maximum atomic E-state index is 9.96. The van der Waals surface area contributed by atoms with Gasteiger partial charge in [-0.15, -0.1) is 0 Å². The molecule has 0 aromatic carbocycles. The summed E-state index contributed by atoms with van der Waals surface area (Å²) in [6, 6.07) is 1.90. The summed E-state index contributed by atoms with van der Waals surface area (Å²) in [5.41, 5.74) is 0. The summed E-state index contributed by atoms with van der Waals surface area (Å²) in [6.07, 6.45) is 6.16. The van der Waals surface area contributed by atoms with Gasteiger partial charge in [-0.25, -0.2) is 9.97 Å². The first kappa shape index (κ1) is 14.4. The summed E-state index contributed by atoms with van der Waals surface area (Å²) in [7, 11) is 1.85. The number of aliphatic hydroxyl groups is 1. The molecule has 6 heteroatoms. The van der Waals surface area contributed by atoms with Crippen LogP contribution in [0.4, 0.5) is 11.6 Å². The van der Waals surface area contributed by atoms with E-state index in [-0.39, 0.29) is 6.10 Å². The van der Waals surface area contributed by atoms with Crippen molar-refractivity contribution in [2.24, 2.45) is 5.92 Å². The minimum atomic E-state index is -0.174. The van der Waals surface area contributed by atoms with Crippen LogP contribution >= 0.6 is 11.8 Å². The standard InChI is InChI=1S/C13H22N4OS/c1-14-11-7-12(17-13(16-11)19-2)15-8-9-5-3-4-6-10(9)18/h7,9-10,18H,3-6,8H2,1-2H3,(H2,14,15,16,17). The Bertz CT molecular complexity index is 393. The molecule has 5 nitrogen and oxygen atoms in total. The van der Waals surface area contributed by atoms with Gasteiger partial charge in [0.15, 0.2) is 5.16 Å². The number of nitrogens with zero attached hydrogens (tertiary/aromatic N) is 2. The van der Waals surface area contributed by atoms with Crippen LogP contribution in [0.3, 0.4) is 0 Å². The van der Waals surface area contributed by atoms with Crippen molar-refractivity contribution in [1.29, 1.82) is 0 Å². The van der Waals surface area contributed by atoms with E-state index in [1.54, 1.807) is 0 Å². The van der Waals surface area contributed by atoms with E-state index in [9.17, 15) is 5.11 Å². The first-order valence-electron chi connectivity index (χ1n) is 6.75. The van der Waals surface area contributed by atoms with Crippen molar-refractivity contribution in [3.8, 4) is 0 Å². The zero-order valence-electron chi connectivity index (χ0n) is 11.5. The highest BCUT2D eigenvalue weighted by molar-refractivity contribution is 7.98. The Balaban J connectivity index is 1.98. The van der Waals surface area contributed by atoms with Gasteiger partial charge >= 0.3 is 0 Å². The summed E-state index contributed by atoms with van der Waals surface area (Å²) in [5.74, 6) is 1.96. The highest BCUT2D eigenvalue weighted by Gasteiger charge is 2.22. The van der Waals surface area contributed by atoms with E-state index in [0.29, 0.717) is 5.92 Å². The van der Waals surface area contributed by atoms with E-state index in [4.69, 9.17) is 0 Å².